The van der Waals surface area contributed by atoms with Crippen molar-refractivity contribution in [2.45, 2.75) is 31.6 Å². The van der Waals surface area contributed by atoms with Crippen LogP contribution in [0.25, 0.3) is 0 Å². The van der Waals surface area contributed by atoms with Gasteiger partial charge in [-0.15, -0.1) is 0 Å². The summed E-state index contributed by atoms with van der Waals surface area (Å²) in [6, 6.07) is 4.08. The number of unbranched alkanes of at least 4 members (excludes halogenated alkanes) is 1. The molecule has 140 valence electrons. The summed E-state index contributed by atoms with van der Waals surface area (Å²) >= 11 is 0. The predicted molar refractivity (Wildman–Crippen MR) is 95.5 cm³/mol. The van der Waals surface area contributed by atoms with Crippen molar-refractivity contribution in [3.63, 3.8) is 0 Å². The van der Waals surface area contributed by atoms with E-state index in [1.807, 2.05) is 11.8 Å². The van der Waals surface area contributed by atoms with Crippen molar-refractivity contribution in [2.75, 3.05) is 44.3 Å². The predicted octanol–water partition coefficient (Wildman–Crippen LogP) is 2.24. The second kappa shape index (κ2) is 8.59. The number of nitrogens with zero attached hydrogens (tertiary/aromatic N) is 3. The smallest absolute Gasteiger partial charge is 0.270 e. The van der Waals surface area contributed by atoms with Crippen molar-refractivity contribution in [1.82, 2.24) is 4.31 Å². The third-order valence-electron chi connectivity index (χ3n) is 4.25. The Morgan fingerprint density at radius 3 is 2.52 bits per heavy atom. The molecular weight excluding hydrogens is 346 g/mol. The molecule has 0 radical (unpaired) electrons. The van der Waals surface area contributed by atoms with Crippen LogP contribution in [0.15, 0.2) is 23.1 Å². The summed E-state index contributed by atoms with van der Waals surface area (Å²) in [6.07, 6.45) is 1.90. The molecule has 1 fully saturated rings. The summed E-state index contributed by atoms with van der Waals surface area (Å²) in [6.45, 7) is 6.52. The Morgan fingerprint density at radius 2 is 1.96 bits per heavy atom. The minimum absolute atomic E-state index is 0.00144. The minimum Gasteiger partial charge on any atom is -0.379 e. The molecule has 0 aromatic heterocycles. The van der Waals surface area contributed by atoms with Crippen molar-refractivity contribution < 1.29 is 18.1 Å². The zero-order valence-corrected chi connectivity index (χ0v) is 15.5. The van der Waals surface area contributed by atoms with E-state index in [2.05, 4.69) is 6.92 Å². The van der Waals surface area contributed by atoms with Gasteiger partial charge in [0.25, 0.3) is 5.69 Å². The number of hydrogen-bond donors (Lipinski definition) is 0. The first-order valence-corrected chi connectivity index (χ1v) is 9.97. The summed E-state index contributed by atoms with van der Waals surface area (Å²) in [7, 11) is -3.82. The average molecular weight is 371 g/mol. The molecule has 1 aromatic rings. The number of anilines is 1. The summed E-state index contributed by atoms with van der Waals surface area (Å²) in [4.78, 5) is 12.5. The second-order valence-electron chi connectivity index (χ2n) is 5.86. The van der Waals surface area contributed by atoms with E-state index < -0.39 is 14.9 Å². The molecule has 25 heavy (non-hydrogen) atoms. The van der Waals surface area contributed by atoms with E-state index >= 15 is 0 Å². The van der Waals surface area contributed by atoms with Crippen LogP contribution in [0.5, 0.6) is 0 Å². The largest absolute Gasteiger partial charge is 0.379 e. The van der Waals surface area contributed by atoms with Crippen LogP contribution in [0.4, 0.5) is 11.4 Å². The molecule has 2 rings (SSSR count). The Balaban J connectivity index is 2.51. The lowest BCUT2D eigenvalue weighted by Crippen LogP contribution is -2.41. The Hall–Kier alpha value is -1.71. The number of ether oxygens (including phenoxy) is 1. The molecule has 1 aliphatic rings. The summed E-state index contributed by atoms with van der Waals surface area (Å²) in [5.41, 5.74) is 0.301. The van der Waals surface area contributed by atoms with E-state index in [1.54, 1.807) is 6.07 Å². The fraction of sp³-hybridized carbons (Fsp3) is 0.625. The van der Waals surface area contributed by atoms with E-state index in [4.69, 9.17) is 4.74 Å². The van der Waals surface area contributed by atoms with Crippen LogP contribution in [0.3, 0.4) is 0 Å². The molecule has 9 heteroatoms. The Labute approximate surface area is 148 Å². The van der Waals surface area contributed by atoms with Gasteiger partial charge in [-0.1, -0.05) is 13.3 Å². The fourth-order valence-electron chi connectivity index (χ4n) is 2.81. The second-order valence-corrected chi connectivity index (χ2v) is 7.77. The lowest BCUT2D eigenvalue weighted by Gasteiger charge is -2.30. The van der Waals surface area contributed by atoms with E-state index in [9.17, 15) is 18.5 Å². The normalized spacial score (nSPS) is 15.9. The molecule has 8 nitrogen and oxygen atoms in total. The molecular formula is C16H25N3O5S. The fourth-order valence-corrected chi connectivity index (χ4v) is 4.45. The first-order chi connectivity index (χ1) is 11.9. The van der Waals surface area contributed by atoms with Gasteiger partial charge in [0.1, 0.15) is 4.90 Å². The number of morpholine rings is 1. The summed E-state index contributed by atoms with van der Waals surface area (Å²) < 4.78 is 32.8. The van der Waals surface area contributed by atoms with Gasteiger partial charge in [-0.25, -0.2) is 8.42 Å². The van der Waals surface area contributed by atoms with Crippen LogP contribution in [0.1, 0.15) is 26.7 Å². The van der Waals surface area contributed by atoms with Crippen LogP contribution < -0.4 is 4.90 Å². The highest BCUT2D eigenvalue weighted by molar-refractivity contribution is 7.89. The van der Waals surface area contributed by atoms with Crippen LogP contribution in [-0.4, -0.2) is 57.0 Å². The minimum atomic E-state index is -3.82. The molecule has 0 aliphatic carbocycles. The molecule has 0 amide bonds. The van der Waals surface area contributed by atoms with Gasteiger partial charge in [0.15, 0.2) is 0 Å². The number of nitro benzene ring substituents is 1. The molecule has 0 atom stereocenters. The summed E-state index contributed by atoms with van der Waals surface area (Å²) in [5, 5.41) is 11.1. The number of hydrogen-bond acceptors (Lipinski definition) is 6. The van der Waals surface area contributed by atoms with Crippen molar-refractivity contribution in [3.8, 4) is 0 Å². The molecule has 0 unspecified atom stereocenters. The molecule has 1 aliphatic heterocycles. The van der Waals surface area contributed by atoms with Crippen LogP contribution in [0.2, 0.25) is 0 Å². The lowest BCUT2D eigenvalue weighted by atomic mass is 10.2. The van der Waals surface area contributed by atoms with Crippen LogP contribution >= 0.6 is 0 Å². The van der Waals surface area contributed by atoms with Gasteiger partial charge in [0.05, 0.1) is 23.8 Å². The van der Waals surface area contributed by atoms with Gasteiger partial charge in [-0.2, -0.15) is 4.31 Å². The van der Waals surface area contributed by atoms with E-state index in [-0.39, 0.29) is 23.7 Å². The lowest BCUT2D eigenvalue weighted by molar-refractivity contribution is -0.385. The van der Waals surface area contributed by atoms with E-state index in [0.29, 0.717) is 32.0 Å². The first kappa shape index (κ1) is 19.6. The molecule has 1 heterocycles. The van der Waals surface area contributed by atoms with E-state index in [1.165, 1.54) is 16.4 Å². The molecule has 0 bridgehead atoms. The monoisotopic (exact) mass is 371 g/mol. The van der Waals surface area contributed by atoms with Gasteiger partial charge in [0.2, 0.25) is 10.0 Å². The molecule has 0 saturated carbocycles. The van der Waals surface area contributed by atoms with Gasteiger partial charge in [-0.05, 0) is 19.4 Å². The maximum Gasteiger partial charge on any atom is 0.270 e. The Morgan fingerprint density at radius 1 is 1.28 bits per heavy atom. The zero-order chi connectivity index (χ0) is 18.4. The molecule has 1 saturated heterocycles. The van der Waals surface area contributed by atoms with E-state index in [0.717, 1.165) is 12.8 Å². The third kappa shape index (κ3) is 4.47. The van der Waals surface area contributed by atoms with Gasteiger partial charge < -0.3 is 9.64 Å². The number of rotatable bonds is 8. The summed E-state index contributed by atoms with van der Waals surface area (Å²) in [5.74, 6) is 0. The number of nitro groups is 1. The third-order valence-corrected chi connectivity index (χ3v) is 6.17. The van der Waals surface area contributed by atoms with Crippen molar-refractivity contribution in [3.05, 3.63) is 28.3 Å². The SMILES string of the molecule is CCCCN(CC)c1ccc([N+](=O)[O-])cc1S(=O)(=O)N1CCOCC1. The van der Waals surface area contributed by atoms with Crippen molar-refractivity contribution in [2.24, 2.45) is 0 Å². The van der Waals surface area contributed by atoms with Gasteiger partial charge in [-0.3, -0.25) is 10.1 Å². The number of sulfonamides is 1. The zero-order valence-electron chi connectivity index (χ0n) is 14.7. The standard InChI is InChI=1S/C16H25N3O5S/c1-3-5-8-17(4-2)15-7-6-14(19(20)21)13-16(15)25(22,23)18-9-11-24-12-10-18/h6-7,13H,3-5,8-12H2,1-2H3. The molecule has 1 aromatic carbocycles. The maximum atomic E-state index is 13.1. The highest BCUT2D eigenvalue weighted by Crippen LogP contribution is 2.32. The van der Waals surface area contributed by atoms with Gasteiger partial charge in [0, 0.05) is 38.3 Å². The van der Waals surface area contributed by atoms with Crippen LogP contribution in [0, 0.1) is 10.1 Å². The Kier molecular flexibility index (Phi) is 6.74. The first-order valence-electron chi connectivity index (χ1n) is 8.53. The number of benzene rings is 1. The van der Waals surface area contributed by atoms with Crippen LogP contribution in [-0.2, 0) is 14.8 Å². The topological polar surface area (TPSA) is 93.0 Å². The van der Waals surface area contributed by atoms with Crippen molar-refractivity contribution in [1.29, 1.82) is 0 Å². The highest BCUT2D eigenvalue weighted by atomic mass is 32.2. The maximum absolute atomic E-state index is 13.1. The quantitative estimate of drug-likeness (QED) is 0.514. The number of non-ortho nitro benzene ring substituents is 1. The molecule has 0 N–H and O–H groups in total. The Bertz CT molecular complexity index is 702. The van der Waals surface area contributed by atoms with Crippen molar-refractivity contribution >= 4 is 21.4 Å². The molecule has 0 spiro atoms. The highest BCUT2D eigenvalue weighted by Gasteiger charge is 2.31. The average Bonchev–Trinajstić information content (AvgIpc) is 2.63. The van der Waals surface area contributed by atoms with Gasteiger partial charge >= 0.3 is 0 Å².